The third kappa shape index (κ3) is 61.1. The molecular weight excluding hydrogens is 258 g/mol. The van der Waals surface area contributed by atoms with Crippen LogP contribution in [-0.4, -0.2) is 0 Å². The predicted octanol–water partition coefficient (Wildman–Crippen LogP) is -7.75. The quantitative estimate of drug-likeness (QED) is 0.403. The Bertz CT molecular complexity index is 27.2. The third-order valence-corrected chi connectivity index (χ3v) is 0. The molecule has 0 radical (unpaired) electrons. The van der Waals surface area contributed by atoms with Crippen LogP contribution < -0.4 is 33.6 Å². The van der Waals surface area contributed by atoms with Crippen molar-refractivity contribution >= 4 is 0 Å². The Morgan fingerprint density at radius 1 is 0.857 bits per heavy atom. The van der Waals surface area contributed by atoms with Crippen LogP contribution in [0.3, 0.4) is 0 Å². The summed E-state index contributed by atoms with van der Waals surface area (Å²) in [5.41, 5.74) is 0. The molecule has 0 bridgehead atoms. The second kappa shape index (κ2) is 6.47. The van der Waals surface area contributed by atoms with E-state index in [1.165, 1.54) is 0 Å². The zero-order valence-corrected chi connectivity index (χ0v) is 8.90. The Kier molecular flexibility index (Phi) is 14.9. The van der Waals surface area contributed by atoms with Gasteiger partial charge in [-0.2, -0.15) is 0 Å². The Balaban J connectivity index is -0.0000000800. The van der Waals surface area contributed by atoms with E-state index in [0.717, 1.165) is 0 Å². The maximum atomic E-state index is 8.62. The molecule has 0 fully saturated rings. The Hall–Kier alpha value is 2.35. The van der Waals surface area contributed by atoms with Crippen LogP contribution in [0.5, 0.6) is 0 Å². The molecule has 0 saturated heterocycles. The first-order valence-electron chi connectivity index (χ1n) is 0.816. The molecule has 0 N–H and O–H groups in total. The maximum absolute atomic E-state index is 8.62. The second-order valence-electron chi connectivity index (χ2n) is 0.500. The van der Waals surface area contributed by atoms with E-state index < -0.39 is 18.1 Å². The summed E-state index contributed by atoms with van der Waals surface area (Å²) in [7, 11) is 0. The molecule has 0 aromatic rings. The normalized spacial score (nSPS) is 8.57. The second-order valence-corrected chi connectivity index (χ2v) is 2.06. The molecule has 0 spiro atoms. The van der Waals surface area contributed by atoms with E-state index in [4.69, 9.17) is 14.8 Å². The summed E-state index contributed by atoms with van der Waals surface area (Å²) >= 11 is -6.00. The first kappa shape index (κ1) is 16.2. The molecular formula is LaLiO4Ti. The molecule has 0 aliphatic carbocycles. The fraction of sp³-hybridized carbons (Fsp3) is 0. The molecule has 0 amide bonds. The molecule has 0 rings (SSSR count). The van der Waals surface area contributed by atoms with Crippen molar-refractivity contribution in [3.63, 3.8) is 0 Å². The fourth-order valence-electron chi connectivity index (χ4n) is 0. The minimum atomic E-state index is -6.00. The van der Waals surface area contributed by atoms with E-state index in [9.17, 15) is 0 Å². The van der Waals surface area contributed by atoms with Crippen LogP contribution in [0, 0.1) is 35.6 Å². The molecule has 0 unspecified atom stereocenters. The van der Waals surface area contributed by atoms with Gasteiger partial charge in [-0.1, -0.05) is 0 Å². The third-order valence-electron chi connectivity index (χ3n) is 0. The van der Waals surface area contributed by atoms with Gasteiger partial charge in [-0.05, 0) is 0 Å². The van der Waals surface area contributed by atoms with E-state index >= 15 is 0 Å². The van der Waals surface area contributed by atoms with E-state index in [2.05, 4.69) is 0 Å². The fourth-order valence-corrected chi connectivity index (χ4v) is 0. The molecule has 7 heavy (non-hydrogen) atoms. The topological polar surface area (TPSA) is 92.2 Å². The average Bonchev–Trinajstić information content (AvgIpc) is 0.722. The SMILES string of the molecule is [La+3].[Li+].[O-][Ti]([O-])([O-])[O-]. The van der Waals surface area contributed by atoms with Crippen molar-refractivity contribution in [3.8, 4) is 0 Å². The van der Waals surface area contributed by atoms with Crippen LogP contribution in [0.1, 0.15) is 0 Å². The summed E-state index contributed by atoms with van der Waals surface area (Å²) in [6.45, 7) is 0. The van der Waals surface area contributed by atoms with Crippen LogP contribution in [-0.2, 0) is 18.1 Å². The molecule has 4 nitrogen and oxygen atoms in total. The standard InChI is InChI=1S/La.Li.4O.Ti/q+3;+1;4*-1;. The van der Waals surface area contributed by atoms with Crippen LogP contribution in [0.25, 0.3) is 0 Å². The average molecular weight is 258 g/mol. The summed E-state index contributed by atoms with van der Waals surface area (Å²) in [5.74, 6) is 0. The van der Waals surface area contributed by atoms with Gasteiger partial charge in [0.25, 0.3) is 0 Å². The van der Waals surface area contributed by atoms with Crippen molar-refractivity contribution in [2.45, 2.75) is 0 Å². The first-order valence-corrected chi connectivity index (χ1v) is 3.37. The Morgan fingerprint density at radius 3 is 0.857 bits per heavy atom. The van der Waals surface area contributed by atoms with Gasteiger partial charge in [-0.15, -0.1) is 0 Å². The molecule has 0 aliphatic heterocycles. The van der Waals surface area contributed by atoms with Crippen molar-refractivity contribution in [3.05, 3.63) is 0 Å². The zero-order valence-electron chi connectivity index (χ0n) is 3.71. The summed E-state index contributed by atoms with van der Waals surface area (Å²) in [6.07, 6.45) is 0. The zero-order chi connectivity index (χ0) is 4.50. The van der Waals surface area contributed by atoms with Crippen LogP contribution in [0.4, 0.5) is 0 Å². The van der Waals surface area contributed by atoms with Gasteiger partial charge < -0.3 is 0 Å². The number of hydrogen-bond donors (Lipinski definition) is 0. The van der Waals surface area contributed by atoms with Gasteiger partial charge in [0.05, 0.1) is 0 Å². The molecule has 0 aromatic carbocycles. The van der Waals surface area contributed by atoms with Gasteiger partial charge >= 0.3 is 87.4 Å². The summed E-state index contributed by atoms with van der Waals surface area (Å²) < 4.78 is 34.5. The molecule has 0 heterocycles. The molecule has 7 heteroatoms. The van der Waals surface area contributed by atoms with Crippen molar-refractivity contribution in [2.75, 3.05) is 0 Å². The molecule has 0 aromatic heterocycles. The predicted molar refractivity (Wildman–Crippen MR) is 0 cm³/mol. The van der Waals surface area contributed by atoms with E-state index in [-0.39, 0.29) is 54.5 Å². The van der Waals surface area contributed by atoms with E-state index in [0.29, 0.717) is 0 Å². The number of hydrogen-bond acceptors (Lipinski definition) is 4. The van der Waals surface area contributed by atoms with Gasteiger partial charge in [-0.3, -0.25) is 0 Å². The molecule has 0 aliphatic rings. The van der Waals surface area contributed by atoms with Gasteiger partial charge in [0.2, 0.25) is 0 Å². The molecule has 0 saturated carbocycles. The van der Waals surface area contributed by atoms with Crippen molar-refractivity contribution in [1.82, 2.24) is 0 Å². The van der Waals surface area contributed by atoms with Crippen molar-refractivity contribution in [1.29, 1.82) is 0 Å². The minimum absolute atomic E-state index is 0. The molecule has 32 valence electrons. The van der Waals surface area contributed by atoms with Gasteiger partial charge in [-0.25, -0.2) is 0 Å². The summed E-state index contributed by atoms with van der Waals surface area (Å²) in [5, 5.41) is 0. The Labute approximate surface area is 86.0 Å². The van der Waals surface area contributed by atoms with Crippen LogP contribution >= 0.6 is 0 Å². The van der Waals surface area contributed by atoms with Crippen LogP contribution in [0.2, 0.25) is 0 Å². The Morgan fingerprint density at radius 2 is 0.857 bits per heavy atom. The first-order chi connectivity index (χ1) is 2.00. The molecule has 0 atom stereocenters. The monoisotopic (exact) mass is 258 g/mol. The van der Waals surface area contributed by atoms with Crippen molar-refractivity contribution in [2.24, 2.45) is 0 Å². The summed E-state index contributed by atoms with van der Waals surface area (Å²) in [4.78, 5) is 0. The van der Waals surface area contributed by atoms with Gasteiger partial charge in [0.1, 0.15) is 0 Å². The van der Waals surface area contributed by atoms with Gasteiger partial charge in [0.15, 0.2) is 0 Å². The van der Waals surface area contributed by atoms with E-state index in [1.54, 1.807) is 0 Å². The number of rotatable bonds is 0. The van der Waals surface area contributed by atoms with E-state index in [1.807, 2.05) is 0 Å². The van der Waals surface area contributed by atoms with Crippen LogP contribution in [0.15, 0.2) is 0 Å². The summed E-state index contributed by atoms with van der Waals surface area (Å²) in [6, 6.07) is 0. The van der Waals surface area contributed by atoms with Crippen molar-refractivity contribution < 1.29 is 87.4 Å². The van der Waals surface area contributed by atoms with Gasteiger partial charge in [0, 0.05) is 0 Å².